The molecule has 0 saturated carbocycles. The molecular formula is C14H12N2. The van der Waals surface area contributed by atoms with E-state index in [9.17, 15) is 0 Å². The molecule has 0 bridgehead atoms. The third-order valence-electron chi connectivity index (χ3n) is 2.19. The topological polar surface area (TPSA) is 24.7 Å². The second-order valence-corrected chi connectivity index (χ2v) is 3.30. The van der Waals surface area contributed by atoms with Crippen LogP contribution in [0, 0.1) is 0 Å². The minimum absolute atomic E-state index is 0.835. The fourth-order valence-electron chi connectivity index (χ4n) is 1.36. The molecule has 78 valence electrons. The van der Waals surface area contributed by atoms with Crippen LogP contribution in [0.25, 0.3) is 6.08 Å². The van der Waals surface area contributed by atoms with Crippen LogP contribution in [0.1, 0.15) is 5.56 Å². The van der Waals surface area contributed by atoms with Gasteiger partial charge in [-0.1, -0.05) is 49.1 Å². The fraction of sp³-hybridized carbons (Fsp3) is 0. The van der Waals surface area contributed by atoms with E-state index in [1.54, 1.807) is 6.08 Å². The molecule has 2 rings (SSSR count). The fourth-order valence-corrected chi connectivity index (χ4v) is 1.36. The van der Waals surface area contributed by atoms with Crippen molar-refractivity contribution in [1.82, 2.24) is 0 Å². The maximum atomic E-state index is 4.20. The molecule has 0 atom stereocenters. The van der Waals surface area contributed by atoms with E-state index in [4.69, 9.17) is 0 Å². The molecule has 0 aliphatic carbocycles. The first-order valence-corrected chi connectivity index (χ1v) is 5.08. The summed E-state index contributed by atoms with van der Waals surface area (Å²) in [6, 6.07) is 17.4. The number of azo groups is 1. The van der Waals surface area contributed by atoms with Crippen LogP contribution < -0.4 is 0 Å². The molecular weight excluding hydrogens is 196 g/mol. The first-order chi connectivity index (χ1) is 7.90. The lowest BCUT2D eigenvalue weighted by molar-refractivity contribution is 1.23. The summed E-state index contributed by atoms with van der Waals surface area (Å²) >= 11 is 0. The van der Waals surface area contributed by atoms with Gasteiger partial charge in [-0.3, -0.25) is 0 Å². The van der Waals surface area contributed by atoms with Gasteiger partial charge in [0.15, 0.2) is 0 Å². The Kier molecular flexibility index (Phi) is 3.24. The van der Waals surface area contributed by atoms with Crippen LogP contribution in [0.2, 0.25) is 0 Å². The Morgan fingerprint density at radius 1 is 0.812 bits per heavy atom. The lowest BCUT2D eigenvalue weighted by Gasteiger charge is -1.97. The number of nitrogens with zero attached hydrogens (tertiary/aromatic N) is 2. The van der Waals surface area contributed by atoms with Crippen LogP contribution >= 0.6 is 0 Å². The van der Waals surface area contributed by atoms with E-state index in [-0.39, 0.29) is 0 Å². The van der Waals surface area contributed by atoms with Crippen LogP contribution in [0.4, 0.5) is 11.4 Å². The van der Waals surface area contributed by atoms with E-state index >= 15 is 0 Å². The number of benzene rings is 2. The molecule has 16 heavy (non-hydrogen) atoms. The summed E-state index contributed by atoms with van der Waals surface area (Å²) in [6.07, 6.45) is 1.78. The van der Waals surface area contributed by atoms with Gasteiger partial charge in [0.25, 0.3) is 0 Å². The summed E-state index contributed by atoms with van der Waals surface area (Å²) in [4.78, 5) is 0. The van der Waals surface area contributed by atoms with Crippen LogP contribution in [-0.4, -0.2) is 0 Å². The average molecular weight is 208 g/mol. The predicted molar refractivity (Wildman–Crippen MR) is 67.2 cm³/mol. The Labute approximate surface area is 95.0 Å². The van der Waals surface area contributed by atoms with Gasteiger partial charge >= 0.3 is 0 Å². The molecule has 0 aliphatic rings. The molecule has 0 aromatic heterocycles. The molecule has 0 radical (unpaired) electrons. The third kappa shape index (κ3) is 2.42. The second-order valence-electron chi connectivity index (χ2n) is 3.30. The van der Waals surface area contributed by atoms with Crippen molar-refractivity contribution >= 4 is 17.5 Å². The molecule has 0 saturated heterocycles. The monoisotopic (exact) mass is 208 g/mol. The molecule has 0 heterocycles. The molecule has 2 heteroatoms. The normalized spacial score (nSPS) is 10.5. The van der Waals surface area contributed by atoms with Crippen molar-refractivity contribution < 1.29 is 0 Å². The molecule has 0 aliphatic heterocycles. The van der Waals surface area contributed by atoms with Crippen LogP contribution in [-0.2, 0) is 0 Å². The van der Waals surface area contributed by atoms with Crippen LogP contribution in [0.5, 0.6) is 0 Å². The van der Waals surface area contributed by atoms with Gasteiger partial charge in [0.05, 0.1) is 11.4 Å². The van der Waals surface area contributed by atoms with Gasteiger partial charge < -0.3 is 0 Å². The largest absolute Gasteiger partial charge is 0.151 e. The molecule has 0 fully saturated rings. The van der Waals surface area contributed by atoms with Crippen molar-refractivity contribution in [3.8, 4) is 0 Å². The van der Waals surface area contributed by atoms with Crippen molar-refractivity contribution in [2.75, 3.05) is 0 Å². The summed E-state index contributed by atoms with van der Waals surface area (Å²) < 4.78 is 0. The third-order valence-corrected chi connectivity index (χ3v) is 2.19. The van der Waals surface area contributed by atoms with Crippen LogP contribution in [0.3, 0.4) is 0 Å². The van der Waals surface area contributed by atoms with E-state index in [1.807, 2.05) is 54.6 Å². The van der Waals surface area contributed by atoms with Crippen molar-refractivity contribution in [1.29, 1.82) is 0 Å². The maximum Gasteiger partial charge on any atom is 0.0929 e. The highest BCUT2D eigenvalue weighted by molar-refractivity contribution is 5.62. The van der Waals surface area contributed by atoms with Gasteiger partial charge in [-0.15, -0.1) is 5.11 Å². The Bertz CT molecular complexity index is 501. The minimum Gasteiger partial charge on any atom is -0.151 e. The van der Waals surface area contributed by atoms with E-state index in [0.717, 1.165) is 16.9 Å². The summed E-state index contributed by atoms with van der Waals surface area (Å²) in [5.41, 5.74) is 2.67. The molecule has 2 aromatic carbocycles. The highest BCUT2D eigenvalue weighted by Gasteiger charge is 1.95. The SMILES string of the molecule is C=Cc1ccccc1/N=N/c1ccccc1. The summed E-state index contributed by atoms with van der Waals surface area (Å²) in [5, 5.41) is 8.36. The van der Waals surface area contributed by atoms with Crippen molar-refractivity contribution in [3.05, 3.63) is 66.7 Å². The first kappa shape index (κ1) is 10.3. The molecule has 2 nitrogen and oxygen atoms in total. The quantitative estimate of drug-likeness (QED) is 0.650. The number of hydrogen-bond donors (Lipinski definition) is 0. The van der Waals surface area contributed by atoms with Crippen molar-refractivity contribution in [2.45, 2.75) is 0 Å². The Morgan fingerprint density at radius 2 is 1.50 bits per heavy atom. The predicted octanol–water partition coefficient (Wildman–Crippen LogP) is 4.75. The highest BCUT2D eigenvalue weighted by Crippen LogP contribution is 2.22. The molecule has 0 N–H and O–H groups in total. The number of hydrogen-bond acceptors (Lipinski definition) is 2. The molecule has 0 unspecified atom stereocenters. The summed E-state index contributed by atoms with van der Waals surface area (Å²) in [5.74, 6) is 0. The van der Waals surface area contributed by atoms with E-state index in [1.165, 1.54) is 0 Å². The lowest BCUT2D eigenvalue weighted by atomic mass is 10.2. The van der Waals surface area contributed by atoms with Crippen molar-refractivity contribution in [2.24, 2.45) is 10.2 Å². The Morgan fingerprint density at radius 3 is 2.25 bits per heavy atom. The number of rotatable bonds is 3. The van der Waals surface area contributed by atoms with Gasteiger partial charge in [0.2, 0.25) is 0 Å². The Balaban J connectivity index is 2.27. The molecule has 0 amide bonds. The summed E-state index contributed by atoms with van der Waals surface area (Å²) in [7, 11) is 0. The standard InChI is InChI=1S/C14H12N2/c1-2-12-8-6-7-11-14(12)16-15-13-9-4-3-5-10-13/h2-11H,1H2/b16-15+. The van der Waals surface area contributed by atoms with Gasteiger partial charge in [-0.25, -0.2) is 0 Å². The minimum atomic E-state index is 0.835. The molecule has 0 spiro atoms. The van der Waals surface area contributed by atoms with Gasteiger partial charge in [0, 0.05) is 5.56 Å². The lowest BCUT2D eigenvalue weighted by Crippen LogP contribution is -1.71. The smallest absolute Gasteiger partial charge is 0.0929 e. The van der Waals surface area contributed by atoms with Crippen LogP contribution in [0.15, 0.2) is 71.4 Å². The highest BCUT2D eigenvalue weighted by atomic mass is 15.1. The van der Waals surface area contributed by atoms with E-state index in [0.29, 0.717) is 0 Å². The zero-order valence-electron chi connectivity index (χ0n) is 8.88. The maximum absolute atomic E-state index is 4.20. The van der Waals surface area contributed by atoms with Gasteiger partial charge in [-0.05, 0) is 18.2 Å². The van der Waals surface area contributed by atoms with E-state index in [2.05, 4.69) is 16.8 Å². The summed E-state index contributed by atoms with van der Waals surface area (Å²) in [6.45, 7) is 3.74. The average Bonchev–Trinajstić information content (AvgIpc) is 2.38. The first-order valence-electron chi connectivity index (χ1n) is 5.08. The van der Waals surface area contributed by atoms with Crippen molar-refractivity contribution in [3.63, 3.8) is 0 Å². The van der Waals surface area contributed by atoms with Gasteiger partial charge in [0.1, 0.15) is 0 Å². The van der Waals surface area contributed by atoms with Gasteiger partial charge in [-0.2, -0.15) is 5.11 Å². The molecule has 2 aromatic rings. The second kappa shape index (κ2) is 5.03. The zero-order chi connectivity index (χ0) is 11.2. The Hall–Kier alpha value is -2.22. The zero-order valence-corrected chi connectivity index (χ0v) is 8.88. The van der Waals surface area contributed by atoms with E-state index < -0.39 is 0 Å².